The van der Waals surface area contributed by atoms with Crippen LogP contribution in [0.25, 0.3) is 0 Å². The smallest absolute Gasteiger partial charge is 0.0642 e. The highest BCUT2D eigenvalue weighted by Gasteiger charge is 2.15. The SMILES string of the molecule is CC(CCN)c1ccc(N2CCOCC2)c(Br)c1. The molecule has 100 valence electrons. The molecule has 1 saturated heterocycles. The van der Waals surface area contributed by atoms with E-state index in [0.29, 0.717) is 5.92 Å². The largest absolute Gasteiger partial charge is 0.378 e. The van der Waals surface area contributed by atoms with Crippen LogP contribution in [0.3, 0.4) is 0 Å². The Morgan fingerprint density at radius 1 is 1.39 bits per heavy atom. The Morgan fingerprint density at radius 3 is 2.72 bits per heavy atom. The maximum Gasteiger partial charge on any atom is 0.0642 e. The Bertz CT molecular complexity index is 391. The van der Waals surface area contributed by atoms with E-state index in [9.17, 15) is 0 Å². The lowest BCUT2D eigenvalue weighted by Crippen LogP contribution is -2.36. The van der Waals surface area contributed by atoms with Gasteiger partial charge in [-0.3, -0.25) is 0 Å². The molecule has 1 aliphatic heterocycles. The molecule has 0 amide bonds. The quantitative estimate of drug-likeness (QED) is 0.929. The van der Waals surface area contributed by atoms with Gasteiger partial charge < -0.3 is 15.4 Å². The summed E-state index contributed by atoms with van der Waals surface area (Å²) in [6, 6.07) is 6.65. The van der Waals surface area contributed by atoms with Crippen LogP contribution in [0.2, 0.25) is 0 Å². The summed E-state index contributed by atoms with van der Waals surface area (Å²) in [5.74, 6) is 0.519. The van der Waals surface area contributed by atoms with Gasteiger partial charge in [0.25, 0.3) is 0 Å². The van der Waals surface area contributed by atoms with Crippen LogP contribution in [0.4, 0.5) is 5.69 Å². The molecule has 1 aromatic carbocycles. The first-order chi connectivity index (χ1) is 8.72. The van der Waals surface area contributed by atoms with Crippen LogP contribution in [0.5, 0.6) is 0 Å². The van der Waals surface area contributed by atoms with Crippen LogP contribution in [-0.2, 0) is 4.74 Å². The molecule has 4 heteroatoms. The number of ether oxygens (including phenoxy) is 1. The van der Waals surface area contributed by atoms with Crippen LogP contribution in [0.1, 0.15) is 24.8 Å². The monoisotopic (exact) mass is 312 g/mol. The second-order valence-corrected chi connectivity index (χ2v) is 5.64. The highest BCUT2D eigenvalue weighted by atomic mass is 79.9. The number of hydrogen-bond acceptors (Lipinski definition) is 3. The first-order valence-corrected chi connectivity index (χ1v) is 7.34. The Hall–Kier alpha value is -0.580. The zero-order chi connectivity index (χ0) is 13.0. The second kappa shape index (κ2) is 6.55. The molecule has 0 aromatic heterocycles. The van der Waals surface area contributed by atoms with E-state index in [1.165, 1.54) is 15.7 Å². The van der Waals surface area contributed by atoms with E-state index in [0.717, 1.165) is 39.3 Å². The lowest BCUT2D eigenvalue weighted by atomic mass is 9.97. The number of morpholine rings is 1. The zero-order valence-electron chi connectivity index (χ0n) is 10.9. The number of benzene rings is 1. The van der Waals surface area contributed by atoms with Gasteiger partial charge in [-0.1, -0.05) is 13.0 Å². The van der Waals surface area contributed by atoms with Crippen LogP contribution in [0.15, 0.2) is 22.7 Å². The Kier molecular flexibility index (Phi) is 5.03. The third kappa shape index (κ3) is 3.25. The zero-order valence-corrected chi connectivity index (χ0v) is 12.4. The summed E-state index contributed by atoms with van der Waals surface area (Å²) >= 11 is 3.69. The third-order valence-corrected chi connectivity index (χ3v) is 4.13. The number of nitrogens with two attached hydrogens (primary N) is 1. The predicted molar refractivity (Wildman–Crippen MR) is 79.3 cm³/mol. The molecule has 18 heavy (non-hydrogen) atoms. The Morgan fingerprint density at radius 2 is 2.11 bits per heavy atom. The van der Waals surface area contributed by atoms with Crippen LogP contribution in [-0.4, -0.2) is 32.8 Å². The number of nitrogens with zero attached hydrogens (tertiary/aromatic N) is 1. The van der Waals surface area contributed by atoms with E-state index in [1.807, 2.05) is 0 Å². The first kappa shape index (κ1) is 13.8. The average Bonchev–Trinajstić information content (AvgIpc) is 2.40. The van der Waals surface area contributed by atoms with Gasteiger partial charge in [0.1, 0.15) is 0 Å². The second-order valence-electron chi connectivity index (χ2n) is 4.79. The Balaban J connectivity index is 2.13. The van der Waals surface area contributed by atoms with Crippen molar-refractivity contribution in [2.45, 2.75) is 19.3 Å². The fraction of sp³-hybridized carbons (Fsp3) is 0.571. The fourth-order valence-corrected chi connectivity index (χ4v) is 2.95. The topological polar surface area (TPSA) is 38.5 Å². The minimum atomic E-state index is 0.519. The number of rotatable bonds is 4. The summed E-state index contributed by atoms with van der Waals surface area (Å²) in [5, 5.41) is 0. The molecule has 1 unspecified atom stereocenters. The van der Waals surface area contributed by atoms with E-state index in [4.69, 9.17) is 10.5 Å². The maximum atomic E-state index is 5.62. The fourth-order valence-electron chi connectivity index (χ4n) is 2.31. The minimum Gasteiger partial charge on any atom is -0.378 e. The standard InChI is InChI=1S/C14H21BrN2O/c1-11(4-5-16)12-2-3-14(13(15)10-12)17-6-8-18-9-7-17/h2-3,10-11H,4-9,16H2,1H3. The molecule has 1 heterocycles. The molecule has 0 spiro atoms. The number of halogens is 1. The molecule has 0 aliphatic carbocycles. The molecule has 1 atom stereocenters. The Labute approximate surface area is 117 Å². The molecule has 2 rings (SSSR count). The van der Waals surface area contributed by atoms with Crippen LogP contribution in [0, 0.1) is 0 Å². The van der Waals surface area contributed by atoms with Crippen molar-refractivity contribution >= 4 is 21.6 Å². The minimum absolute atomic E-state index is 0.519. The van der Waals surface area contributed by atoms with E-state index in [1.54, 1.807) is 0 Å². The van der Waals surface area contributed by atoms with Crippen molar-refractivity contribution in [1.29, 1.82) is 0 Å². The molecule has 1 aliphatic rings. The van der Waals surface area contributed by atoms with Crippen molar-refractivity contribution in [2.24, 2.45) is 5.73 Å². The summed E-state index contributed by atoms with van der Waals surface area (Å²) in [6.07, 6.45) is 1.03. The van der Waals surface area contributed by atoms with Crippen LogP contribution < -0.4 is 10.6 Å². The highest BCUT2D eigenvalue weighted by molar-refractivity contribution is 9.10. The predicted octanol–water partition coefficient (Wildman–Crippen LogP) is 2.74. The highest BCUT2D eigenvalue weighted by Crippen LogP contribution is 2.31. The van der Waals surface area contributed by atoms with Crippen molar-refractivity contribution in [3.8, 4) is 0 Å². The first-order valence-electron chi connectivity index (χ1n) is 6.54. The average molecular weight is 313 g/mol. The number of anilines is 1. The van der Waals surface area contributed by atoms with Gasteiger partial charge in [-0.25, -0.2) is 0 Å². The van der Waals surface area contributed by atoms with Gasteiger partial charge in [-0.05, 0) is 52.5 Å². The molecule has 3 nitrogen and oxygen atoms in total. The molecule has 0 bridgehead atoms. The summed E-state index contributed by atoms with van der Waals surface area (Å²) < 4.78 is 6.56. The number of hydrogen-bond donors (Lipinski definition) is 1. The van der Waals surface area contributed by atoms with E-state index in [2.05, 4.69) is 46.0 Å². The van der Waals surface area contributed by atoms with Gasteiger partial charge in [0.05, 0.1) is 18.9 Å². The summed E-state index contributed by atoms with van der Waals surface area (Å²) in [5.41, 5.74) is 8.23. The van der Waals surface area contributed by atoms with Crippen molar-refractivity contribution in [1.82, 2.24) is 0 Å². The molecule has 0 saturated carbocycles. The molecule has 0 radical (unpaired) electrons. The molecule has 2 N–H and O–H groups in total. The summed E-state index contributed by atoms with van der Waals surface area (Å²) in [7, 11) is 0. The van der Waals surface area contributed by atoms with Crippen molar-refractivity contribution in [3.05, 3.63) is 28.2 Å². The van der Waals surface area contributed by atoms with E-state index < -0.39 is 0 Å². The van der Waals surface area contributed by atoms with Gasteiger partial charge in [0.2, 0.25) is 0 Å². The summed E-state index contributed by atoms with van der Waals surface area (Å²) in [4.78, 5) is 2.37. The van der Waals surface area contributed by atoms with Gasteiger partial charge in [0, 0.05) is 17.6 Å². The van der Waals surface area contributed by atoms with Gasteiger partial charge >= 0.3 is 0 Å². The summed E-state index contributed by atoms with van der Waals surface area (Å²) in [6.45, 7) is 6.54. The lowest BCUT2D eigenvalue weighted by Gasteiger charge is -2.30. The lowest BCUT2D eigenvalue weighted by molar-refractivity contribution is 0.122. The third-order valence-electron chi connectivity index (χ3n) is 3.49. The van der Waals surface area contributed by atoms with Gasteiger partial charge in [-0.15, -0.1) is 0 Å². The maximum absolute atomic E-state index is 5.62. The normalized spacial score (nSPS) is 17.8. The van der Waals surface area contributed by atoms with E-state index in [-0.39, 0.29) is 0 Å². The van der Waals surface area contributed by atoms with Crippen LogP contribution >= 0.6 is 15.9 Å². The molecule has 1 aromatic rings. The molecular weight excluding hydrogens is 292 g/mol. The van der Waals surface area contributed by atoms with Gasteiger partial charge in [0.15, 0.2) is 0 Å². The van der Waals surface area contributed by atoms with Crippen molar-refractivity contribution in [3.63, 3.8) is 0 Å². The molecule has 1 fully saturated rings. The molecular formula is C14H21BrN2O. The van der Waals surface area contributed by atoms with Gasteiger partial charge in [-0.2, -0.15) is 0 Å². The van der Waals surface area contributed by atoms with Crippen molar-refractivity contribution < 1.29 is 4.74 Å². The van der Waals surface area contributed by atoms with Crippen molar-refractivity contribution in [2.75, 3.05) is 37.7 Å². The van der Waals surface area contributed by atoms with E-state index >= 15 is 0 Å².